The molecule has 98 valence electrons. The van der Waals surface area contributed by atoms with Crippen molar-refractivity contribution in [2.45, 2.75) is 27.2 Å². The maximum Gasteiger partial charge on any atom is 0.317 e. The van der Waals surface area contributed by atoms with Gasteiger partial charge < -0.3 is 15.3 Å². The highest BCUT2D eigenvalue weighted by Crippen LogP contribution is 2.13. The number of nitrogens with one attached hydrogen (secondary N) is 1. The third kappa shape index (κ3) is 5.38. The van der Waals surface area contributed by atoms with E-state index in [1.165, 1.54) is 0 Å². The van der Waals surface area contributed by atoms with Crippen LogP contribution >= 0.6 is 0 Å². The third-order valence-corrected chi connectivity index (χ3v) is 2.39. The van der Waals surface area contributed by atoms with E-state index in [2.05, 4.69) is 11.9 Å². The van der Waals surface area contributed by atoms with Gasteiger partial charge in [0.2, 0.25) is 0 Å². The summed E-state index contributed by atoms with van der Waals surface area (Å²) >= 11 is 0. The molecule has 17 heavy (non-hydrogen) atoms. The van der Waals surface area contributed by atoms with Gasteiger partial charge in [0, 0.05) is 19.6 Å². The van der Waals surface area contributed by atoms with Gasteiger partial charge in [-0.3, -0.25) is 4.79 Å². The monoisotopic (exact) mass is 242 g/mol. The Hall–Kier alpha value is -1.52. The molecule has 0 rings (SSSR count). The second-order valence-electron chi connectivity index (χ2n) is 4.58. The Bertz CT molecular complexity index is 287. The maximum absolute atomic E-state index is 11.8. The van der Waals surface area contributed by atoms with Crippen LogP contribution in [0.1, 0.15) is 27.2 Å². The summed E-state index contributed by atoms with van der Waals surface area (Å²) in [5.41, 5.74) is -0.957. The first-order valence-corrected chi connectivity index (χ1v) is 5.72. The summed E-state index contributed by atoms with van der Waals surface area (Å²) in [6, 6.07) is -0.249. The van der Waals surface area contributed by atoms with Gasteiger partial charge in [0.1, 0.15) is 0 Å². The van der Waals surface area contributed by atoms with Crippen molar-refractivity contribution in [2.24, 2.45) is 5.41 Å². The van der Waals surface area contributed by atoms with Crippen LogP contribution in [0.25, 0.3) is 0 Å². The largest absolute Gasteiger partial charge is 0.481 e. The first-order valence-electron chi connectivity index (χ1n) is 5.72. The van der Waals surface area contributed by atoms with E-state index in [0.717, 1.165) is 6.42 Å². The number of rotatable bonds is 7. The lowest BCUT2D eigenvalue weighted by atomic mass is 9.94. The fraction of sp³-hybridized carbons (Fsp3) is 0.667. The zero-order valence-electron chi connectivity index (χ0n) is 10.8. The van der Waals surface area contributed by atoms with Crippen molar-refractivity contribution in [3.05, 3.63) is 12.7 Å². The van der Waals surface area contributed by atoms with E-state index in [9.17, 15) is 9.59 Å². The quantitative estimate of drug-likeness (QED) is 0.668. The van der Waals surface area contributed by atoms with E-state index in [0.29, 0.717) is 13.1 Å². The Kier molecular flexibility index (Phi) is 6.31. The summed E-state index contributed by atoms with van der Waals surface area (Å²) in [4.78, 5) is 24.2. The van der Waals surface area contributed by atoms with Gasteiger partial charge in [-0.15, -0.1) is 6.58 Å². The minimum atomic E-state index is -0.957. The molecule has 0 spiro atoms. The molecule has 2 N–H and O–H groups in total. The minimum Gasteiger partial charge on any atom is -0.481 e. The average Bonchev–Trinajstić information content (AvgIpc) is 2.25. The summed E-state index contributed by atoms with van der Waals surface area (Å²) in [5, 5.41) is 11.6. The molecule has 0 radical (unpaired) electrons. The van der Waals surface area contributed by atoms with E-state index in [1.807, 2.05) is 6.92 Å². The van der Waals surface area contributed by atoms with Gasteiger partial charge in [-0.25, -0.2) is 4.79 Å². The molecule has 0 aromatic carbocycles. The van der Waals surface area contributed by atoms with Crippen LogP contribution in [0.5, 0.6) is 0 Å². The topological polar surface area (TPSA) is 69.6 Å². The molecule has 0 bridgehead atoms. The van der Waals surface area contributed by atoms with Gasteiger partial charge in [-0.1, -0.05) is 13.0 Å². The van der Waals surface area contributed by atoms with Gasteiger partial charge in [0.25, 0.3) is 0 Å². The number of amides is 2. The third-order valence-electron chi connectivity index (χ3n) is 2.39. The van der Waals surface area contributed by atoms with Crippen LogP contribution in [-0.4, -0.2) is 41.6 Å². The van der Waals surface area contributed by atoms with Crippen molar-refractivity contribution < 1.29 is 14.7 Å². The highest BCUT2D eigenvalue weighted by Gasteiger charge is 2.28. The van der Waals surface area contributed by atoms with Gasteiger partial charge >= 0.3 is 12.0 Å². The predicted molar refractivity (Wildman–Crippen MR) is 66.9 cm³/mol. The number of hydrogen-bond acceptors (Lipinski definition) is 2. The van der Waals surface area contributed by atoms with Crippen molar-refractivity contribution in [2.75, 3.05) is 19.6 Å². The second kappa shape index (κ2) is 6.93. The zero-order chi connectivity index (χ0) is 13.5. The Morgan fingerprint density at radius 2 is 2.06 bits per heavy atom. The highest BCUT2D eigenvalue weighted by molar-refractivity contribution is 5.77. The molecule has 0 aliphatic carbocycles. The Labute approximate surface area is 102 Å². The molecule has 5 nitrogen and oxygen atoms in total. The average molecular weight is 242 g/mol. The maximum atomic E-state index is 11.8. The molecule has 0 aromatic rings. The molecule has 0 saturated carbocycles. The molecule has 5 heteroatoms. The first kappa shape index (κ1) is 15.5. The first-order chi connectivity index (χ1) is 7.85. The summed E-state index contributed by atoms with van der Waals surface area (Å²) in [5.74, 6) is -0.927. The number of urea groups is 1. The molecule has 0 aliphatic heterocycles. The smallest absolute Gasteiger partial charge is 0.317 e. The van der Waals surface area contributed by atoms with E-state index < -0.39 is 11.4 Å². The predicted octanol–water partition coefficient (Wildman–Crippen LogP) is 1.70. The number of carboxylic acids is 1. The van der Waals surface area contributed by atoms with Crippen LogP contribution in [0.2, 0.25) is 0 Å². The van der Waals surface area contributed by atoms with Crippen molar-refractivity contribution in [1.82, 2.24) is 10.2 Å². The lowest BCUT2D eigenvalue weighted by Crippen LogP contribution is -2.45. The van der Waals surface area contributed by atoms with Gasteiger partial charge in [0.15, 0.2) is 0 Å². The van der Waals surface area contributed by atoms with E-state index in [1.54, 1.807) is 24.8 Å². The molecule has 2 amide bonds. The van der Waals surface area contributed by atoms with Crippen LogP contribution in [0, 0.1) is 5.41 Å². The lowest BCUT2D eigenvalue weighted by molar-refractivity contribution is -0.146. The number of nitrogens with zero attached hydrogens (tertiary/aromatic N) is 1. The summed E-state index contributed by atoms with van der Waals surface area (Å²) in [6.07, 6.45) is 2.50. The fourth-order valence-corrected chi connectivity index (χ4v) is 1.19. The van der Waals surface area contributed by atoms with Crippen LogP contribution in [0.4, 0.5) is 4.79 Å². The number of carbonyl (C=O) groups is 2. The number of carboxylic acid groups (broad SMARTS) is 1. The summed E-state index contributed by atoms with van der Waals surface area (Å²) in [6.45, 7) is 9.92. The van der Waals surface area contributed by atoms with Crippen LogP contribution in [0.15, 0.2) is 12.7 Å². The van der Waals surface area contributed by atoms with Crippen LogP contribution in [0.3, 0.4) is 0 Å². The number of carbonyl (C=O) groups excluding carboxylic acids is 1. The summed E-state index contributed by atoms with van der Waals surface area (Å²) in [7, 11) is 0. The second-order valence-corrected chi connectivity index (χ2v) is 4.58. The normalized spacial score (nSPS) is 10.8. The van der Waals surface area contributed by atoms with Crippen molar-refractivity contribution >= 4 is 12.0 Å². The SMILES string of the molecule is C=CCN(CCC)C(=O)NCC(C)(C)C(=O)O. The van der Waals surface area contributed by atoms with Crippen LogP contribution < -0.4 is 5.32 Å². The van der Waals surface area contributed by atoms with Gasteiger partial charge in [-0.2, -0.15) is 0 Å². The number of hydrogen-bond donors (Lipinski definition) is 2. The lowest BCUT2D eigenvalue weighted by Gasteiger charge is -2.24. The van der Waals surface area contributed by atoms with Crippen molar-refractivity contribution in [3.63, 3.8) is 0 Å². The molecule has 0 saturated heterocycles. The standard InChI is InChI=1S/C12H22N2O3/c1-5-7-14(8-6-2)11(17)13-9-12(3,4)10(15)16/h5H,1,6-9H2,2-4H3,(H,13,17)(H,15,16). The molecule has 0 aromatic heterocycles. The fourth-order valence-electron chi connectivity index (χ4n) is 1.19. The molecule has 0 atom stereocenters. The molecular formula is C12H22N2O3. The van der Waals surface area contributed by atoms with Crippen molar-refractivity contribution in [1.29, 1.82) is 0 Å². The molecule has 0 heterocycles. The van der Waals surface area contributed by atoms with E-state index in [-0.39, 0.29) is 12.6 Å². The van der Waals surface area contributed by atoms with Crippen LogP contribution in [-0.2, 0) is 4.79 Å². The molecular weight excluding hydrogens is 220 g/mol. The van der Waals surface area contributed by atoms with E-state index >= 15 is 0 Å². The highest BCUT2D eigenvalue weighted by atomic mass is 16.4. The van der Waals surface area contributed by atoms with Gasteiger partial charge in [-0.05, 0) is 20.3 Å². The Balaban J connectivity index is 4.31. The molecule has 0 unspecified atom stereocenters. The zero-order valence-corrected chi connectivity index (χ0v) is 10.8. The Morgan fingerprint density at radius 1 is 1.47 bits per heavy atom. The Morgan fingerprint density at radius 3 is 2.47 bits per heavy atom. The number of aliphatic carboxylic acids is 1. The minimum absolute atomic E-state index is 0.110. The van der Waals surface area contributed by atoms with E-state index in [4.69, 9.17) is 5.11 Å². The molecule has 0 fully saturated rings. The molecule has 0 aliphatic rings. The summed E-state index contributed by atoms with van der Waals surface area (Å²) < 4.78 is 0. The van der Waals surface area contributed by atoms with Crippen molar-refractivity contribution in [3.8, 4) is 0 Å². The van der Waals surface area contributed by atoms with Gasteiger partial charge in [0.05, 0.1) is 5.41 Å².